The molecule has 2 heterocycles. The zero-order valence-corrected chi connectivity index (χ0v) is 10.0. The predicted molar refractivity (Wildman–Crippen MR) is 60.3 cm³/mol. The Bertz CT molecular complexity index is 460. The summed E-state index contributed by atoms with van der Waals surface area (Å²) >= 11 is 0. The molecule has 0 amide bonds. The summed E-state index contributed by atoms with van der Waals surface area (Å²) in [5, 5.41) is 3.15. The SMILES string of the molecule is COC(=O)c1c(F)cnc(C2CCNCC2)c1F. The molecule has 1 aromatic heterocycles. The van der Waals surface area contributed by atoms with Crippen LogP contribution in [-0.2, 0) is 4.74 Å². The highest BCUT2D eigenvalue weighted by Crippen LogP contribution is 2.28. The standard InChI is InChI=1S/C12H14F2N2O2/c1-18-12(17)9-8(13)6-16-11(10(9)14)7-2-4-15-5-3-7/h6-7,15H,2-5H2,1H3. The van der Waals surface area contributed by atoms with Crippen molar-refractivity contribution in [3.63, 3.8) is 0 Å². The van der Waals surface area contributed by atoms with Crippen molar-refractivity contribution in [1.82, 2.24) is 10.3 Å². The molecule has 1 aliphatic rings. The number of ether oxygens (including phenoxy) is 1. The van der Waals surface area contributed by atoms with Crippen LogP contribution in [0.25, 0.3) is 0 Å². The van der Waals surface area contributed by atoms with Gasteiger partial charge in [0, 0.05) is 5.92 Å². The Morgan fingerprint density at radius 1 is 1.44 bits per heavy atom. The lowest BCUT2D eigenvalue weighted by Crippen LogP contribution is -2.28. The molecular formula is C12H14F2N2O2. The fraction of sp³-hybridized carbons (Fsp3) is 0.500. The van der Waals surface area contributed by atoms with Gasteiger partial charge in [0.25, 0.3) is 0 Å². The van der Waals surface area contributed by atoms with Gasteiger partial charge in [0.15, 0.2) is 11.6 Å². The van der Waals surface area contributed by atoms with Gasteiger partial charge in [-0.15, -0.1) is 0 Å². The lowest BCUT2D eigenvalue weighted by atomic mass is 9.93. The van der Waals surface area contributed by atoms with Crippen molar-refractivity contribution in [2.75, 3.05) is 20.2 Å². The molecule has 0 unspecified atom stereocenters. The third-order valence-electron chi connectivity index (χ3n) is 3.12. The second-order valence-electron chi connectivity index (χ2n) is 4.20. The summed E-state index contributed by atoms with van der Waals surface area (Å²) in [5.74, 6) is -2.98. The van der Waals surface area contributed by atoms with Gasteiger partial charge in [-0.2, -0.15) is 0 Å². The van der Waals surface area contributed by atoms with E-state index in [1.807, 2.05) is 0 Å². The molecule has 0 saturated carbocycles. The van der Waals surface area contributed by atoms with Crippen LogP contribution in [0.3, 0.4) is 0 Å². The second-order valence-corrected chi connectivity index (χ2v) is 4.20. The molecule has 98 valence electrons. The molecule has 0 radical (unpaired) electrons. The lowest BCUT2D eigenvalue weighted by molar-refractivity contribution is 0.0589. The van der Waals surface area contributed by atoms with Gasteiger partial charge < -0.3 is 10.1 Å². The van der Waals surface area contributed by atoms with E-state index in [0.717, 1.165) is 39.2 Å². The van der Waals surface area contributed by atoms with Crippen LogP contribution in [-0.4, -0.2) is 31.2 Å². The molecule has 0 aliphatic carbocycles. The molecular weight excluding hydrogens is 242 g/mol. The summed E-state index contributed by atoms with van der Waals surface area (Å²) in [7, 11) is 1.09. The molecule has 1 saturated heterocycles. The molecule has 0 atom stereocenters. The summed E-state index contributed by atoms with van der Waals surface area (Å²) in [5.41, 5.74) is -0.501. The van der Waals surface area contributed by atoms with Crippen molar-refractivity contribution >= 4 is 5.97 Å². The molecule has 4 nitrogen and oxygen atoms in total. The van der Waals surface area contributed by atoms with E-state index in [4.69, 9.17) is 0 Å². The molecule has 0 bridgehead atoms. The third-order valence-corrected chi connectivity index (χ3v) is 3.12. The van der Waals surface area contributed by atoms with Gasteiger partial charge in [-0.25, -0.2) is 13.6 Å². The number of methoxy groups -OCH3 is 1. The predicted octanol–water partition coefficient (Wildman–Crippen LogP) is 1.61. The van der Waals surface area contributed by atoms with Gasteiger partial charge >= 0.3 is 5.97 Å². The Kier molecular flexibility index (Phi) is 3.86. The van der Waals surface area contributed by atoms with Crippen LogP contribution in [0.5, 0.6) is 0 Å². The average Bonchev–Trinajstić information content (AvgIpc) is 2.39. The number of hydrogen-bond donors (Lipinski definition) is 1. The maximum absolute atomic E-state index is 14.1. The topological polar surface area (TPSA) is 51.2 Å². The number of esters is 1. The Hall–Kier alpha value is -1.56. The van der Waals surface area contributed by atoms with Crippen LogP contribution in [0.4, 0.5) is 8.78 Å². The lowest BCUT2D eigenvalue weighted by Gasteiger charge is -2.22. The van der Waals surface area contributed by atoms with E-state index in [2.05, 4.69) is 15.0 Å². The first-order valence-electron chi connectivity index (χ1n) is 5.78. The average molecular weight is 256 g/mol. The first kappa shape index (κ1) is 12.9. The van der Waals surface area contributed by atoms with Crippen LogP contribution in [0, 0.1) is 11.6 Å². The molecule has 0 spiro atoms. The fourth-order valence-electron chi connectivity index (χ4n) is 2.15. The van der Waals surface area contributed by atoms with E-state index in [-0.39, 0.29) is 11.6 Å². The first-order chi connectivity index (χ1) is 8.65. The van der Waals surface area contributed by atoms with Crippen molar-refractivity contribution in [2.45, 2.75) is 18.8 Å². The van der Waals surface area contributed by atoms with Crippen molar-refractivity contribution in [2.24, 2.45) is 0 Å². The molecule has 1 N–H and O–H groups in total. The van der Waals surface area contributed by atoms with Gasteiger partial charge in [0.2, 0.25) is 0 Å². The zero-order chi connectivity index (χ0) is 13.1. The number of carbonyl (C=O) groups is 1. The number of piperidine rings is 1. The second kappa shape index (κ2) is 5.39. The number of carbonyl (C=O) groups excluding carboxylic acids is 1. The van der Waals surface area contributed by atoms with E-state index in [1.54, 1.807) is 0 Å². The van der Waals surface area contributed by atoms with E-state index in [1.165, 1.54) is 0 Å². The van der Waals surface area contributed by atoms with E-state index in [9.17, 15) is 13.6 Å². The molecule has 6 heteroatoms. The van der Waals surface area contributed by atoms with E-state index in [0.29, 0.717) is 0 Å². The minimum atomic E-state index is -1.01. The highest BCUT2D eigenvalue weighted by atomic mass is 19.1. The number of nitrogens with one attached hydrogen (secondary N) is 1. The molecule has 1 aliphatic heterocycles. The third kappa shape index (κ3) is 2.33. The number of aromatic nitrogens is 1. The van der Waals surface area contributed by atoms with Crippen LogP contribution in [0.15, 0.2) is 6.20 Å². The summed E-state index contributed by atoms with van der Waals surface area (Å²) in [6.45, 7) is 1.52. The zero-order valence-electron chi connectivity index (χ0n) is 10.0. The molecule has 0 aromatic carbocycles. The first-order valence-corrected chi connectivity index (χ1v) is 5.78. The number of nitrogens with zero attached hydrogens (tertiary/aromatic N) is 1. The summed E-state index contributed by atoms with van der Waals surface area (Å²) in [6, 6.07) is 0. The fourth-order valence-corrected chi connectivity index (χ4v) is 2.15. The number of hydrogen-bond acceptors (Lipinski definition) is 4. The number of rotatable bonds is 2. The largest absolute Gasteiger partial charge is 0.465 e. The number of halogens is 2. The van der Waals surface area contributed by atoms with Crippen LogP contribution < -0.4 is 5.32 Å². The van der Waals surface area contributed by atoms with Crippen LogP contribution >= 0.6 is 0 Å². The van der Waals surface area contributed by atoms with Crippen molar-refractivity contribution in [3.8, 4) is 0 Å². The van der Waals surface area contributed by atoms with Gasteiger partial charge in [0.05, 0.1) is 19.0 Å². The summed E-state index contributed by atoms with van der Waals surface area (Å²) in [4.78, 5) is 15.1. The van der Waals surface area contributed by atoms with E-state index >= 15 is 0 Å². The Morgan fingerprint density at radius 3 is 2.72 bits per heavy atom. The normalized spacial score (nSPS) is 16.6. The monoisotopic (exact) mass is 256 g/mol. The van der Waals surface area contributed by atoms with Crippen LogP contribution in [0.1, 0.15) is 34.8 Å². The Morgan fingerprint density at radius 2 is 2.11 bits per heavy atom. The highest BCUT2D eigenvalue weighted by Gasteiger charge is 2.27. The molecule has 18 heavy (non-hydrogen) atoms. The van der Waals surface area contributed by atoms with Gasteiger partial charge in [-0.05, 0) is 25.9 Å². The Labute approximate surface area is 103 Å². The smallest absolute Gasteiger partial charge is 0.344 e. The number of pyridine rings is 1. The minimum Gasteiger partial charge on any atom is -0.465 e. The van der Waals surface area contributed by atoms with Crippen molar-refractivity contribution in [1.29, 1.82) is 0 Å². The molecule has 2 rings (SSSR count). The van der Waals surface area contributed by atoms with Crippen molar-refractivity contribution in [3.05, 3.63) is 29.1 Å². The quantitative estimate of drug-likeness (QED) is 0.817. The van der Waals surface area contributed by atoms with Gasteiger partial charge in [0.1, 0.15) is 5.56 Å². The van der Waals surface area contributed by atoms with E-state index < -0.39 is 23.2 Å². The maximum atomic E-state index is 14.1. The van der Waals surface area contributed by atoms with Gasteiger partial charge in [-0.1, -0.05) is 0 Å². The van der Waals surface area contributed by atoms with Crippen molar-refractivity contribution < 1.29 is 18.3 Å². The van der Waals surface area contributed by atoms with Gasteiger partial charge in [-0.3, -0.25) is 4.98 Å². The maximum Gasteiger partial charge on any atom is 0.344 e. The molecule has 1 aromatic rings. The summed E-state index contributed by atoms with van der Waals surface area (Å²) in [6.07, 6.45) is 2.32. The Balaban J connectivity index is 2.40. The summed E-state index contributed by atoms with van der Waals surface area (Å²) < 4.78 is 31.9. The van der Waals surface area contributed by atoms with Crippen LogP contribution in [0.2, 0.25) is 0 Å². The molecule has 1 fully saturated rings. The minimum absolute atomic E-state index is 0.0877. The highest BCUT2D eigenvalue weighted by molar-refractivity contribution is 5.90.